The van der Waals surface area contributed by atoms with Gasteiger partial charge in [-0.3, -0.25) is 25.1 Å². The Kier molecular flexibility index (Phi) is 5.91. The van der Waals surface area contributed by atoms with Crippen molar-refractivity contribution in [2.75, 3.05) is 5.43 Å². The Balaban J connectivity index is 1.69. The van der Waals surface area contributed by atoms with Crippen LogP contribution in [0.2, 0.25) is 0 Å². The van der Waals surface area contributed by atoms with E-state index in [0.717, 1.165) is 9.15 Å². The Morgan fingerprint density at radius 1 is 1.03 bits per heavy atom. The lowest BCUT2D eigenvalue weighted by Crippen LogP contribution is -2.34. The number of fused-ring (bicyclic) bond motifs is 1. The molecule has 8 nitrogen and oxygen atoms in total. The maximum Gasteiger partial charge on any atom is 0.280 e. The number of nitrogens with one attached hydrogen (secondary N) is 1. The molecule has 0 unspecified atom stereocenters. The van der Waals surface area contributed by atoms with Crippen LogP contribution in [0.3, 0.4) is 0 Å². The monoisotopic (exact) mass is 490 g/mol. The molecule has 32 heavy (non-hydrogen) atoms. The molecule has 1 aromatic heterocycles. The van der Waals surface area contributed by atoms with Gasteiger partial charge in [-0.05, 0) is 48.0 Å². The van der Waals surface area contributed by atoms with Crippen molar-refractivity contribution in [1.29, 1.82) is 0 Å². The highest BCUT2D eigenvalue weighted by molar-refractivity contribution is 9.10. The molecule has 4 aromatic rings. The molecule has 0 spiro atoms. The maximum absolute atomic E-state index is 13.1. The number of hydrogen-bond acceptors (Lipinski definition) is 5. The van der Waals surface area contributed by atoms with E-state index in [1.54, 1.807) is 36.4 Å². The minimum Gasteiger partial charge on any atom is -0.268 e. The van der Waals surface area contributed by atoms with Crippen molar-refractivity contribution in [1.82, 2.24) is 9.66 Å². The summed E-state index contributed by atoms with van der Waals surface area (Å²) in [6.07, 6.45) is 2.74. The number of benzene rings is 3. The van der Waals surface area contributed by atoms with E-state index < -0.39 is 16.4 Å². The highest BCUT2D eigenvalue weighted by Crippen LogP contribution is 2.21. The van der Waals surface area contributed by atoms with E-state index in [1.807, 2.05) is 12.1 Å². The zero-order valence-corrected chi connectivity index (χ0v) is 18.0. The second-order valence-corrected chi connectivity index (χ2v) is 7.67. The highest BCUT2D eigenvalue weighted by atomic mass is 79.9. The van der Waals surface area contributed by atoms with Crippen LogP contribution in [0.15, 0.2) is 88.1 Å². The molecule has 0 saturated heterocycles. The van der Waals surface area contributed by atoms with Gasteiger partial charge in [0.25, 0.3) is 17.2 Å². The van der Waals surface area contributed by atoms with E-state index in [0.29, 0.717) is 27.9 Å². The van der Waals surface area contributed by atoms with Crippen molar-refractivity contribution in [2.45, 2.75) is 0 Å². The Morgan fingerprint density at radius 3 is 2.41 bits per heavy atom. The van der Waals surface area contributed by atoms with Crippen molar-refractivity contribution in [2.24, 2.45) is 0 Å². The summed E-state index contributed by atoms with van der Waals surface area (Å²) in [5.74, 6) is -0.265. The standard InChI is InChI=1S/C23H15BrN4O4/c24-17-10-8-16(9-11-17)22-25-20-4-2-1-3-19(20)23(30)27(22)26-21(29)14-7-15-5-12-18(13-6-15)28(31)32/h1-14H,(H,26,29). The molecule has 4 rings (SSSR count). The molecule has 0 radical (unpaired) electrons. The van der Waals surface area contributed by atoms with E-state index in [2.05, 4.69) is 26.3 Å². The van der Waals surface area contributed by atoms with Crippen LogP contribution in [0, 0.1) is 10.1 Å². The second-order valence-electron chi connectivity index (χ2n) is 6.76. The zero-order valence-electron chi connectivity index (χ0n) is 16.4. The molecule has 1 heterocycles. The van der Waals surface area contributed by atoms with Gasteiger partial charge in [-0.25, -0.2) is 4.98 Å². The van der Waals surface area contributed by atoms with E-state index in [9.17, 15) is 19.7 Å². The Hall–Kier alpha value is -4.11. The number of aromatic nitrogens is 2. The predicted molar refractivity (Wildman–Crippen MR) is 126 cm³/mol. The molecule has 0 aliphatic heterocycles. The number of halogens is 1. The first-order chi connectivity index (χ1) is 15.4. The molecule has 0 atom stereocenters. The molecule has 0 aliphatic rings. The van der Waals surface area contributed by atoms with Crippen molar-refractivity contribution >= 4 is 44.5 Å². The highest BCUT2D eigenvalue weighted by Gasteiger charge is 2.14. The van der Waals surface area contributed by atoms with Gasteiger partial charge in [-0.1, -0.05) is 40.2 Å². The summed E-state index contributed by atoms with van der Waals surface area (Å²) in [5.41, 5.74) is 3.89. The van der Waals surface area contributed by atoms with Crippen molar-refractivity contribution in [3.8, 4) is 11.4 Å². The van der Waals surface area contributed by atoms with Gasteiger partial charge in [-0.15, -0.1) is 0 Å². The van der Waals surface area contributed by atoms with Gasteiger partial charge in [0.1, 0.15) is 0 Å². The number of nitro groups is 1. The largest absolute Gasteiger partial charge is 0.280 e. The van der Waals surface area contributed by atoms with Crippen LogP contribution < -0.4 is 11.0 Å². The van der Waals surface area contributed by atoms with Crippen molar-refractivity contribution in [3.05, 3.63) is 109 Å². The van der Waals surface area contributed by atoms with Crippen LogP contribution in [0.5, 0.6) is 0 Å². The lowest BCUT2D eigenvalue weighted by molar-refractivity contribution is -0.384. The number of nitrogens with zero attached hydrogens (tertiary/aromatic N) is 3. The summed E-state index contributed by atoms with van der Waals surface area (Å²) in [5, 5.41) is 11.1. The third-order valence-corrected chi connectivity index (χ3v) is 5.16. The van der Waals surface area contributed by atoms with E-state index >= 15 is 0 Å². The first-order valence-electron chi connectivity index (χ1n) is 9.43. The first-order valence-corrected chi connectivity index (χ1v) is 10.2. The minimum absolute atomic E-state index is 0.0421. The van der Waals surface area contributed by atoms with Crippen LogP contribution in [-0.4, -0.2) is 20.5 Å². The third kappa shape index (κ3) is 4.47. The van der Waals surface area contributed by atoms with Crippen LogP contribution >= 0.6 is 15.9 Å². The number of rotatable bonds is 5. The molecule has 0 aliphatic carbocycles. The minimum atomic E-state index is -0.555. The van der Waals surface area contributed by atoms with Gasteiger partial charge in [0, 0.05) is 28.2 Å². The van der Waals surface area contributed by atoms with E-state index in [1.165, 1.54) is 36.4 Å². The van der Waals surface area contributed by atoms with Crippen LogP contribution in [0.1, 0.15) is 5.56 Å². The molecule has 158 valence electrons. The fourth-order valence-corrected chi connectivity index (χ4v) is 3.32. The second kappa shape index (κ2) is 8.94. The molecule has 0 fully saturated rings. The quantitative estimate of drug-likeness (QED) is 0.251. The fourth-order valence-electron chi connectivity index (χ4n) is 3.06. The van der Waals surface area contributed by atoms with Gasteiger partial charge < -0.3 is 0 Å². The Labute approximate surface area is 190 Å². The predicted octanol–water partition coefficient (Wildman–Crippen LogP) is 4.52. The van der Waals surface area contributed by atoms with E-state index in [4.69, 9.17) is 0 Å². The molecule has 9 heteroatoms. The van der Waals surface area contributed by atoms with Gasteiger partial charge >= 0.3 is 0 Å². The molecule has 3 aromatic carbocycles. The summed E-state index contributed by atoms with van der Waals surface area (Å²) in [6.45, 7) is 0. The fraction of sp³-hybridized carbons (Fsp3) is 0. The lowest BCUT2D eigenvalue weighted by Gasteiger charge is -2.13. The first kappa shape index (κ1) is 21.1. The van der Waals surface area contributed by atoms with Crippen LogP contribution in [-0.2, 0) is 4.79 Å². The average molecular weight is 491 g/mol. The maximum atomic E-state index is 13.1. The third-order valence-electron chi connectivity index (χ3n) is 4.63. The topological polar surface area (TPSA) is 107 Å². The summed E-state index contributed by atoms with van der Waals surface area (Å²) in [4.78, 5) is 40.5. The number of non-ortho nitro benzene ring substituents is 1. The van der Waals surface area contributed by atoms with Crippen LogP contribution in [0.4, 0.5) is 5.69 Å². The number of carbonyl (C=O) groups excluding carboxylic acids is 1. The number of amides is 1. The van der Waals surface area contributed by atoms with Gasteiger partial charge in [0.05, 0.1) is 15.8 Å². The summed E-state index contributed by atoms with van der Waals surface area (Å²) in [7, 11) is 0. The van der Waals surface area contributed by atoms with E-state index in [-0.39, 0.29) is 5.69 Å². The molecule has 1 amide bonds. The number of para-hydroxylation sites is 1. The molecule has 1 N–H and O–H groups in total. The van der Waals surface area contributed by atoms with Crippen molar-refractivity contribution < 1.29 is 9.72 Å². The number of carbonyl (C=O) groups is 1. The summed E-state index contributed by atoms with van der Waals surface area (Å²) < 4.78 is 1.99. The summed E-state index contributed by atoms with van der Waals surface area (Å²) in [6, 6.07) is 19.9. The van der Waals surface area contributed by atoms with Gasteiger partial charge in [0.15, 0.2) is 5.82 Å². The molecular weight excluding hydrogens is 476 g/mol. The molecule has 0 saturated carbocycles. The Morgan fingerprint density at radius 2 is 1.72 bits per heavy atom. The van der Waals surface area contributed by atoms with Gasteiger partial charge in [-0.2, -0.15) is 4.68 Å². The zero-order chi connectivity index (χ0) is 22.7. The SMILES string of the molecule is O=C(C=Cc1ccc([N+](=O)[O-])cc1)Nn1c(-c2ccc(Br)cc2)nc2ccccc2c1=O. The smallest absolute Gasteiger partial charge is 0.268 e. The number of nitro benzene ring substituents is 1. The van der Waals surface area contributed by atoms with Gasteiger partial charge in [0.2, 0.25) is 0 Å². The normalized spacial score (nSPS) is 11.0. The molecule has 0 bridgehead atoms. The lowest BCUT2D eigenvalue weighted by atomic mass is 10.2. The van der Waals surface area contributed by atoms with Crippen molar-refractivity contribution in [3.63, 3.8) is 0 Å². The molecular formula is C23H15BrN4O4. The Bertz CT molecular complexity index is 1410. The average Bonchev–Trinajstić information content (AvgIpc) is 2.80. The van der Waals surface area contributed by atoms with Crippen LogP contribution in [0.25, 0.3) is 28.4 Å². The summed E-state index contributed by atoms with van der Waals surface area (Å²) >= 11 is 3.38. The number of hydrogen-bond donors (Lipinski definition) is 1.